The van der Waals surface area contributed by atoms with Crippen molar-refractivity contribution >= 4 is 58.4 Å². The fraction of sp³-hybridized carbons (Fsp3) is 0.258. The molecule has 1 aliphatic carbocycles. The van der Waals surface area contributed by atoms with E-state index in [1.54, 1.807) is 0 Å². The summed E-state index contributed by atoms with van der Waals surface area (Å²) in [6.07, 6.45) is 1.79. The molecule has 3 atom stereocenters. The number of hydrazine groups is 1. The molecule has 0 aromatic heterocycles. The number of fused-ring (bicyclic) bond motifs is 1. The zero-order valence-corrected chi connectivity index (χ0v) is 24.8. The van der Waals surface area contributed by atoms with Gasteiger partial charge < -0.3 is 4.74 Å². The second-order valence-corrected chi connectivity index (χ2v) is 11.6. The van der Waals surface area contributed by atoms with Crippen LogP contribution in [0.15, 0.2) is 66.7 Å². The third-order valence-corrected chi connectivity index (χ3v) is 8.54. The van der Waals surface area contributed by atoms with Crippen LogP contribution in [-0.4, -0.2) is 51.0 Å². The molecule has 3 aromatic carbocycles. The number of benzene rings is 3. The number of hydrogen-bond donors (Lipinski definition) is 0. The van der Waals surface area contributed by atoms with Crippen molar-refractivity contribution < 1.29 is 33.6 Å². The minimum Gasteiger partial charge on any atom is -0.423 e. The molecule has 1 heterocycles. The first-order chi connectivity index (χ1) is 20.9. The zero-order chi connectivity index (χ0) is 31.7. The van der Waals surface area contributed by atoms with Crippen molar-refractivity contribution in [2.75, 3.05) is 6.54 Å². The predicted molar refractivity (Wildman–Crippen MR) is 158 cm³/mol. The lowest BCUT2D eigenvalue weighted by atomic mass is 9.76. The number of carbonyl (C=O) groups excluding carboxylic acids is 5. The van der Waals surface area contributed by atoms with Crippen molar-refractivity contribution in [1.29, 1.82) is 0 Å². The Morgan fingerprint density at radius 3 is 2.14 bits per heavy atom. The molecule has 5 rings (SSSR count). The molecule has 13 heteroatoms. The average Bonchev–Trinajstić information content (AvgIpc) is 3.25. The molecule has 3 aromatic rings. The highest BCUT2D eigenvalue weighted by atomic mass is 35.5. The van der Waals surface area contributed by atoms with Crippen LogP contribution in [0.25, 0.3) is 0 Å². The topological polar surface area (TPSA) is 144 Å². The summed E-state index contributed by atoms with van der Waals surface area (Å²) in [6, 6.07) is 14.4. The summed E-state index contributed by atoms with van der Waals surface area (Å²) in [5.41, 5.74) is 0.0608. The van der Waals surface area contributed by atoms with E-state index >= 15 is 0 Å². The maximum absolute atomic E-state index is 13.7. The van der Waals surface area contributed by atoms with Gasteiger partial charge in [-0.3, -0.25) is 29.3 Å². The summed E-state index contributed by atoms with van der Waals surface area (Å²) in [6.45, 7) is 1.37. The van der Waals surface area contributed by atoms with E-state index in [4.69, 9.17) is 27.9 Å². The molecule has 2 aliphatic rings. The Morgan fingerprint density at radius 1 is 0.886 bits per heavy atom. The van der Waals surface area contributed by atoms with Gasteiger partial charge in [0, 0.05) is 23.3 Å². The Balaban J connectivity index is 1.36. The minimum atomic E-state index is -0.779. The monoisotopic (exact) mass is 637 g/mol. The van der Waals surface area contributed by atoms with Gasteiger partial charge in [0.2, 0.25) is 0 Å². The van der Waals surface area contributed by atoms with E-state index in [2.05, 4.69) is 0 Å². The standard InChI is InChI=1S/C31H25Cl2N3O8/c1-17-2-12-23-24(14-17)30(40)35(29(23)39)34(28(38)20-7-13-25(32)26(33)15-20)16-27(37)18-5-10-22(11-6-18)44-31(41)19-3-8-21(9-4-19)36(42)43/h3-11,13,15,17,23-24H,2,12,14,16H2,1H3/t17-,23+,24+/m1/s1. The van der Waals surface area contributed by atoms with E-state index in [1.165, 1.54) is 66.7 Å². The Bertz CT molecular complexity index is 1680. The first-order valence-electron chi connectivity index (χ1n) is 13.7. The van der Waals surface area contributed by atoms with Crippen molar-refractivity contribution in [3.8, 4) is 5.75 Å². The third-order valence-electron chi connectivity index (χ3n) is 7.80. The molecule has 0 unspecified atom stereocenters. The first kappa shape index (κ1) is 30.8. The number of imide groups is 1. The van der Waals surface area contributed by atoms with Gasteiger partial charge in [-0.25, -0.2) is 9.80 Å². The van der Waals surface area contributed by atoms with E-state index in [0.29, 0.717) is 12.8 Å². The Kier molecular flexibility index (Phi) is 8.80. The Labute approximate surface area is 261 Å². The van der Waals surface area contributed by atoms with Crippen molar-refractivity contribution in [3.05, 3.63) is 104 Å². The molecule has 44 heavy (non-hydrogen) atoms. The lowest BCUT2D eigenvalue weighted by Crippen LogP contribution is -2.52. The van der Waals surface area contributed by atoms with Gasteiger partial charge in [-0.05, 0) is 79.8 Å². The molecule has 1 aliphatic heterocycles. The van der Waals surface area contributed by atoms with Gasteiger partial charge in [0.25, 0.3) is 23.4 Å². The number of Topliss-reactive ketones (excluding diaryl/α,β-unsaturated/α-hetero) is 1. The maximum Gasteiger partial charge on any atom is 0.343 e. The number of hydrogen-bond acceptors (Lipinski definition) is 8. The van der Waals surface area contributed by atoms with Gasteiger partial charge in [0.05, 0.1) is 32.4 Å². The number of amides is 3. The molecule has 226 valence electrons. The van der Waals surface area contributed by atoms with Crippen LogP contribution in [0.4, 0.5) is 5.69 Å². The van der Waals surface area contributed by atoms with Crippen molar-refractivity contribution in [3.63, 3.8) is 0 Å². The summed E-state index contributed by atoms with van der Waals surface area (Å²) in [5.74, 6) is -3.99. The van der Waals surface area contributed by atoms with Crippen LogP contribution in [0.2, 0.25) is 10.0 Å². The molecule has 0 spiro atoms. The molecule has 0 bridgehead atoms. The van der Waals surface area contributed by atoms with Crippen LogP contribution in [0.1, 0.15) is 57.3 Å². The van der Waals surface area contributed by atoms with Gasteiger partial charge in [-0.2, -0.15) is 5.01 Å². The number of nitro benzene ring substituents is 1. The average molecular weight is 638 g/mol. The highest BCUT2D eigenvalue weighted by molar-refractivity contribution is 6.42. The van der Waals surface area contributed by atoms with E-state index in [9.17, 15) is 34.1 Å². The number of carbonyl (C=O) groups is 5. The molecule has 1 saturated carbocycles. The number of ether oxygens (including phenoxy) is 1. The summed E-state index contributed by atoms with van der Waals surface area (Å²) >= 11 is 12.1. The van der Waals surface area contributed by atoms with Crippen LogP contribution >= 0.6 is 23.2 Å². The van der Waals surface area contributed by atoms with E-state index < -0.39 is 52.8 Å². The highest BCUT2D eigenvalue weighted by Gasteiger charge is 2.52. The summed E-state index contributed by atoms with van der Waals surface area (Å²) in [4.78, 5) is 76.8. The second-order valence-electron chi connectivity index (χ2n) is 10.8. The predicted octanol–water partition coefficient (Wildman–Crippen LogP) is 5.78. The molecule has 0 N–H and O–H groups in total. The molecule has 11 nitrogen and oxygen atoms in total. The summed E-state index contributed by atoms with van der Waals surface area (Å²) in [7, 11) is 0. The number of halogens is 2. The number of rotatable bonds is 8. The Morgan fingerprint density at radius 2 is 1.50 bits per heavy atom. The van der Waals surface area contributed by atoms with E-state index in [-0.39, 0.29) is 44.1 Å². The molecule has 0 radical (unpaired) electrons. The van der Waals surface area contributed by atoms with Crippen LogP contribution in [-0.2, 0) is 9.59 Å². The quantitative estimate of drug-likeness (QED) is 0.0754. The van der Waals surface area contributed by atoms with Crippen molar-refractivity contribution in [2.24, 2.45) is 17.8 Å². The van der Waals surface area contributed by atoms with Gasteiger partial charge >= 0.3 is 5.97 Å². The van der Waals surface area contributed by atoms with Gasteiger partial charge in [0.15, 0.2) is 5.78 Å². The number of non-ortho nitro benzene ring substituents is 1. The van der Waals surface area contributed by atoms with Gasteiger partial charge in [-0.15, -0.1) is 0 Å². The van der Waals surface area contributed by atoms with Crippen LogP contribution < -0.4 is 4.74 Å². The largest absolute Gasteiger partial charge is 0.423 e. The van der Waals surface area contributed by atoms with E-state index in [0.717, 1.165) is 16.4 Å². The van der Waals surface area contributed by atoms with Crippen molar-refractivity contribution in [2.45, 2.75) is 26.2 Å². The molecule has 3 amide bonds. The molecular weight excluding hydrogens is 613 g/mol. The van der Waals surface area contributed by atoms with Crippen LogP contribution in [0, 0.1) is 27.9 Å². The van der Waals surface area contributed by atoms with Gasteiger partial charge in [0.1, 0.15) is 12.3 Å². The summed E-state index contributed by atoms with van der Waals surface area (Å²) in [5, 5.41) is 12.8. The summed E-state index contributed by atoms with van der Waals surface area (Å²) < 4.78 is 5.30. The van der Waals surface area contributed by atoms with Crippen LogP contribution in [0.3, 0.4) is 0 Å². The first-order valence-corrected chi connectivity index (χ1v) is 14.4. The van der Waals surface area contributed by atoms with Crippen molar-refractivity contribution in [1.82, 2.24) is 10.0 Å². The molecule has 1 saturated heterocycles. The number of nitrogens with zero attached hydrogens (tertiary/aromatic N) is 3. The Hall–Kier alpha value is -4.61. The van der Waals surface area contributed by atoms with Crippen LogP contribution in [0.5, 0.6) is 5.75 Å². The number of esters is 1. The minimum absolute atomic E-state index is 0.0320. The fourth-order valence-corrected chi connectivity index (χ4v) is 5.74. The van der Waals surface area contributed by atoms with Gasteiger partial charge in [-0.1, -0.05) is 30.1 Å². The van der Waals surface area contributed by atoms with E-state index in [1.807, 2.05) is 6.92 Å². The fourth-order valence-electron chi connectivity index (χ4n) is 5.44. The second kappa shape index (κ2) is 12.6. The highest BCUT2D eigenvalue weighted by Crippen LogP contribution is 2.41. The molecule has 2 fully saturated rings. The number of ketones is 1. The lowest BCUT2D eigenvalue weighted by Gasteiger charge is -2.30. The zero-order valence-electron chi connectivity index (χ0n) is 23.3. The number of nitro groups is 1. The molecular formula is C31H25Cl2N3O8. The normalized spacial score (nSPS) is 19.3. The smallest absolute Gasteiger partial charge is 0.343 e. The third kappa shape index (κ3) is 6.20. The SMILES string of the molecule is C[C@@H]1CC[C@@H]2C(=O)N(N(CC(=O)c3ccc(OC(=O)c4ccc([N+](=O)[O-])cc4)cc3)C(=O)c3ccc(Cl)c(Cl)c3)C(=O)[C@H]2C1. The lowest BCUT2D eigenvalue weighted by molar-refractivity contribution is -0.384. The maximum atomic E-state index is 13.7.